The molecule has 0 amide bonds. The molecule has 0 spiro atoms. The molecule has 4 heteroatoms. The van der Waals surface area contributed by atoms with Crippen LogP contribution in [0, 0.1) is 0 Å². The van der Waals surface area contributed by atoms with Crippen LogP contribution in [0.2, 0.25) is 0 Å². The molecule has 0 radical (unpaired) electrons. The predicted octanol–water partition coefficient (Wildman–Crippen LogP) is -0.454. The van der Waals surface area contributed by atoms with Gasteiger partial charge in [0.2, 0.25) is 0 Å². The standard InChI is InChI=1S/C8H17BO3/c1-3-12-7(5-4-6-10)8(9)11-2/h4-5,7-8,10H,3,6,9H2,1-2H3/b5-4+/t7-,8?/m0/s1. The molecule has 1 N–H and O–H groups in total. The number of ether oxygens (including phenoxy) is 2. The molecule has 0 saturated heterocycles. The van der Waals surface area contributed by atoms with Crippen LogP contribution in [0.1, 0.15) is 6.92 Å². The van der Waals surface area contributed by atoms with Gasteiger partial charge in [0, 0.05) is 13.7 Å². The van der Waals surface area contributed by atoms with Crippen LogP contribution in [-0.4, -0.2) is 45.4 Å². The van der Waals surface area contributed by atoms with Crippen LogP contribution < -0.4 is 0 Å². The first-order valence-electron chi connectivity index (χ1n) is 4.18. The maximum Gasteiger partial charge on any atom is 0.143 e. The van der Waals surface area contributed by atoms with Crippen molar-refractivity contribution < 1.29 is 14.6 Å². The Bertz CT molecular complexity index is 127. The molecule has 70 valence electrons. The molecule has 0 aliphatic rings. The van der Waals surface area contributed by atoms with Gasteiger partial charge in [-0.2, -0.15) is 0 Å². The molecule has 0 bridgehead atoms. The van der Waals surface area contributed by atoms with E-state index in [1.807, 2.05) is 20.8 Å². The lowest BCUT2D eigenvalue weighted by Crippen LogP contribution is -2.29. The van der Waals surface area contributed by atoms with Crippen LogP contribution in [0.15, 0.2) is 12.2 Å². The van der Waals surface area contributed by atoms with Gasteiger partial charge in [-0.3, -0.25) is 0 Å². The van der Waals surface area contributed by atoms with Gasteiger partial charge in [-0.25, -0.2) is 0 Å². The van der Waals surface area contributed by atoms with Crippen molar-refractivity contribution in [3.05, 3.63) is 12.2 Å². The second-order valence-corrected chi connectivity index (χ2v) is 2.47. The maximum atomic E-state index is 8.55. The van der Waals surface area contributed by atoms with Crippen molar-refractivity contribution in [2.75, 3.05) is 20.3 Å². The summed E-state index contributed by atoms with van der Waals surface area (Å²) in [5.41, 5.74) is 0. The molecule has 0 aliphatic heterocycles. The highest BCUT2D eigenvalue weighted by molar-refractivity contribution is 6.11. The Kier molecular flexibility index (Phi) is 7.15. The van der Waals surface area contributed by atoms with Gasteiger partial charge in [0.1, 0.15) is 7.85 Å². The molecule has 12 heavy (non-hydrogen) atoms. The number of hydrogen-bond donors (Lipinski definition) is 1. The Labute approximate surface area is 74.8 Å². The average Bonchev–Trinajstić information content (AvgIpc) is 2.11. The lowest BCUT2D eigenvalue weighted by molar-refractivity contribution is 0.0107. The molecule has 0 aromatic carbocycles. The van der Waals surface area contributed by atoms with E-state index >= 15 is 0 Å². The van der Waals surface area contributed by atoms with Gasteiger partial charge in [-0.1, -0.05) is 12.2 Å². The minimum atomic E-state index is -0.0628. The molecule has 0 saturated carbocycles. The van der Waals surface area contributed by atoms with Crippen molar-refractivity contribution in [1.29, 1.82) is 0 Å². The zero-order valence-electron chi connectivity index (χ0n) is 7.99. The zero-order valence-corrected chi connectivity index (χ0v) is 7.99. The Morgan fingerprint density at radius 2 is 2.25 bits per heavy atom. The van der Waals surface area contributed by atoms with E-state index in [1.165, 1.54) is 0 Å². The highest BCUT2D eigenvalue weighted by Crippen LogP contribution is 2.01. The van der Waals surface area contributed by atoms with E-state index in [9.17, 15) is 0 Å². The second kappa shape index (κ2) is 7.34. The van der Waals surface area contributed by atoms with Crippen molar-refractivity contribution >= 4 is 7.85 Å². The summed E-state index contributed by atoms with van der Waals surface area (Å²) in [7, 11) is 3.57. The molecule has 2 atom stereocenters. The van der Waals surface area contributed by atoms with E-state index in [1.54, 1.807) is 13.2 Å². The first-order chi connectivity index (χ1) is 5.76. The van der Waals surface area contributed by atoms with Crippen LogP contribution in [0.4, 0.5) is 0 Å². The van der Waals surface area contributed by atoms with E-state index in [-0.39, 0.29) is 18.7 Å². The molecule has 1 unspecified atom stereocenters. The van der Waals surface area contributed by atoms with E-state index in [2.05, 4.69) is 0 Å². The fourth-order valence-corrected chi connectivity index (χ4v) is 0.869. The van der Waals surface area contributed by atoms with Crippen LogP contribution in [-0.2, 0) is 9.47 Å². The third-order valence-electron chi connectivity index (χ3n) is 1.62. The third-order valence-corrected chi connectivity index (χ3v) is 1.62. The van der Waals surface area contributed by atoms with Crippen LogP contribution >= 0.6 is 0 Å². The third kappa shape index (κ3) is 4.54. The van der Waals surface area contributed by atoms with Gasteiger partial charge in [0.15, 0.2) is 0 Å². The highest BCUT2D eigenvalue weighted by Gasteiger charge is 2.12. The van der Waals surface area contributed by atoms with Crippen LogP contribution in [0.25, 0.3) is 0 Å². The topological polar surface area (TPSA) is 38.7 Å². The first-order valence-corrected chi connectivity index (χ1v) is 4.18. The molecule has 0 rings (SSSR count). The normalized spacial score (nSPS) is 16.6. The molecule has 0 fully saturated rings. The molecular formula is C8H17BO3. The smallest absolute Gasteiger partial charge is 0.143 e. The van der Waals surface area contributed by atoms with Gasteiger partial charge in [-0.05, 0) is 6.92 Å². The molecule has 0 heterocycles. The van der Waals surface area contributed by atoms with E-state index in [0.717, 1.165) is 0 Å². The molecule has 3 nitrogen and oxygen atoms in total. The fraction of sp³-hybridized carbons (Fsp3) is 0.750. The SMILES string of the molecule is BC(OC)[C@H](/C=C/CO)OCC. The summed E-state index contributed by atoms with van der Waals surface area (Å²) >= 11 is 0. The number of aliphatic hydroxyl groups is 1. The summed E-state index contributed by atoms with van der Waals surface area (Å²) < 4.78 is 10.5. The van der Waals surface area contributed by atoms with E-state index in [4.69, 9.17) is 14.6 Å². The minimum absolute atomic E-state index is 0.0211. The Morgan fingerprint density at radius 3 is 2.67 bits per heavy atom. The van der Waals surface area contributed by atoms with Gasteiger partial charge >= 0.3 is 0 Å². The van der Waals surface area contributed by atoms with Crippen molar-refractivity contribution in [2.45, 2.75) is 19.0 Å². The average molecular weight is 172 g/mol. The summed E-state index contributed by atoms with van der Waals surface area (Å²) in [4.78, 5) is 0. The summed E-state index contributed by atoms with van der Waals surface area (Å²) in [6.07, 6.45) is 3.42. The maximum absolute atomic E-state index is 8.55. The summed E-state index contributed by atoms with van der Waals surface area (Å²) in [6, 6.07) is 0.0211. The molecular weight excluding hydrogens is 155 g/mol. The summed E-state index contributed by atoms with van der Waals surface area (Å²) in [6.45, 7) is 2.62. The lowest BCUT2D eigenvalue weighted by Gasteiger charge is -2.19. The van der Waals surface area contributed by atoms with Crippen molar-refractivity contribution in [2.24, 2.45) is 0 Å². The number of hydrogen-bond acceptors (Lipinski definition) is 3. The van der Waals surface area contributed by atoms with E-state index < -0.39 is 0 Å². The number of methoxy groups -OCH3 is 1. The van der Waals surface area contributed by atoms with Crippen molar-refractivity contribution in [3.63, 3.8) is 0 Å². The van der Waals surface area contributed by atoms with Gasteiger partial charge < -0.3 is 14.6 Å². The number of rotatable bonds is 6. The largest absolute Gasteiger partial charge is 0.392 e. The molecule has 0 aliphatic carbocycles. The summed E-state index contributed by atoms with van der Waals surface area (Å²) in [5.74, 6) is 0. The van der Waals surface area contributed by atoms with Crippen molar-refractivity contribution in [3.8, 4) is 0 Å². The van der Waals surface area contributed by atoms with Gasteiger partial charge in [0.25, 0.3) is 0 Å². The number of aliphatic hydroxyl groups excluding tert-OH is 1. The fourth-order valence-electron chi connectivity index (χ4n) is 0.869. The minimum Gasteiger partial charge on any atom is -0.392 e. The predicted molar refractivity (Wildman–Crippen MR) is 51.0 cm³/mol. The monoisotopic (exact) mass is 172 g/mol. The molecule has 0 aromatic rings. The Balaban J connectivity index is 3.93. The highest BCUT2D eigenvalue weighted by atomic mass is 16.5. The second-order valence-electron chi connectivity index (χ2n) is 2.47. The zero-order chi connectivity index (χ0) is 9.40. The Morgan fingerprint density at radius 1 is 1.58 bits per heavy atom. The van der Waals surface area contributed by atoms with Gasteiger partial charge in [-0.15, -0.1) is 0 Å². The van der Waals surface area contributed by atoms with Crippen LogP contribution in [0.5, 0.6) is 0 Å². The lowest BCUT2D eigenvalue weighted by atomic mass is 9.94. The first kappa shape index (κ1) is 11.7. The Hall–Kier alpha value is -0.315. The quantitative estimate of drug-likeness (QED) is 0.435. The molecule has 0 aromatic heterocycles. The summed E-state index contributed by atoms with van der Waals surface area (Å²) in [5, 5.41) is 8.55. The van der Waals surface area contributed by atoms with Crippen molar-refractivity contribution in [1.82, 2.24) is 0 Å². The van der Waals surface area contributed by atoms with E-state index in [0.29, 0.717) is 6.61 Å². The van der Waals surface area contributed by atoms with Crippen LogP contribution in [0.3, 0.4) is 0 Å². The van der Waals surface area contributed by atoms with Gasteiger partial charge in [0.05, 0.1) is 18.7 Å².